The quantitative estimate of drug-likeness (QED) is 0.356. The van der Waals surface area contributed by atoms with E-state index in [9.17, 15) is 24.3 Å². The van der Waals surface area contributed by atoms with Gasteiger partial charge in [-0.1, -0.05) is 27.7 Å². The first kappa shape index (κ1) is 29.7. The van der Waals surface area contributed by atoms with E-state index in [1.54, 1.807) is 20.8 Å². The summed E-state index contributed by atoms with van der Waals surface area (Å²) in [6.07, 6.45) is 3.15. The van der Waals surface area contributed by atoms with E-state index < -0.39 is 29.7 Å². The maximum atomic E-state index is 12.8. The van der Waals surface area contributed by atoms with Crippen molar-refractivity contribution in [3.05, 3.63) is 0 Å². The third kappa shape index (κ3) is 11.7. The molecule has 3 amide bonds. The fraction of sp³-hybridized carbons (Fsp3) is 0.840. The molecule has 9 heteroatoms. The summed E-state index contributed by atoms with van der Waals surface area (Å²) in [6, 6.07) is -1.54. The Balaban J connectivity index is 2.53. The molecule has 0 saturated heterocycles. The molecule has 0 radical (unpaired) electrons. The van der Waals surface area contributed by atoms with Crippen molar-refractivity contribution in [1.29, 1.82) is 0 Å². The third-order valence-corrected chi connectivity index (χ3v) is 5.82. The van der Waals surface area contributed by atoms with Crippen molar-refractivity contribution in [2.24, 2.45) is 23.7 Å². The van der Waals surface area contributed by atoms with E-state index in [4.69, 9.17) is 4.74 Å². The molecule has 0 heterocycles. The number of carbonyl (C=O) groups excluding carboxylic acids is 3. The Bertz CT molecular complexity index is 693. The molecule has 1 aliphatic carbocycles. The number of carboxylic acid groups (broad SMARTS) is 1. The SMILES string of the molecule is CC(C)C[C@H](NC(=O)OC(C)(C)C)C(=O)NCC1CCC(C(=O)N[C@H](CC(C)C)C(=O)O)CC1. The molecule has 0 aromatic rings. The Morgan fingerprint density at radius 1 is 0.882 bits per heavy atom. The van der Waals surface area contributed by atoms with E-state index in [-0.39, 0.29) is 35.5 Å². The van der Waals surface area contributed by atoms with Gasteiger partial charge in [-0.25, -0.2) is 9.59 Å². The highest BCUT2D eigenvalue weighted by molar-refractivity contribution is 5.86. The molecule has 0 aromatic carbocycles. The molecule has 1 aliphatic rings. The molecule has 1 fully saturated rings. The zero-order valence-electron chi connectivity index (χ0n) is 21.9. The minimum Gasteiger partial charge on any atom is -0.480 e. The molecule has 0 bridgehead atoms. The van der Waals surface area contributed by atoms with E-state index in [1.807, 2.05) is 27.7 Å². The van der Waals surface area contributed by atoms with E-state index >= 15 is 0 Å². The van der Waals surface area contributed by atoms with Gasteiger partial charge < -0.3 is 25.8 Å². The van der Waals surface area contributed by atoms with E-state index in [0.29, 0.717) is 32.2 Å². The van der Waals surface area contributed by atoms with Crippen LogP contribution in [0.5, 0.6) is 0 Å². The minimum absolute atomic E-state index is 0.171. The summed E-state index contributed by atoms with van der Waals surface area (Å²) in [6.45, 7) is 13.6. The van der Waals surface area contributed by atoms with Crippen LogP contribution in [0, 0.1) is 23.7 Å². The van der Waals surface area contributed by atoms with Gasteiger partial charge in [0.25, 0.3) is 0 Å². The Labute approximate surface area is 204 Å². The van der Waals surface area contributed by atoms with Crippen LogP contribution in [-0.4, -0.2) is 53.2 Å². The highest BCUT2D eigenvalue weighted by Gasteiger charge is 2.31. The third-order valence-electron chi connectivity index (χ3n) is 5.82. The van der Waals surface area contributed by atoms with Gasteiger partial charge in [-0.2, -0.15) is 0 Å². The van der Waals surface area contributed by atoms with Crippen LogP contribution in [0.3, 0.4) is 0 Å². The fourth-order valence-corrected chi connectivity index (χ4v) is 4.13. The van der Waals surface area contributed by atoms with Gasteiger partial charge in [0.05, 0.1) is 0 Å². The largest absolute Gasteiger partial charge is 0.480 e. The summed E-state index contributed by atoms with van der Waals surface area (Å²) in [4.78, 5) is 48.9. The lowest BCUT2D eigenvalue weighted by Gasteiger charge is -2.29. The summed E-state index contributed by atoms with van der Waals surface area (Å²) in [7, 11) is 0. The van der Waals surface area contributed by atoms with Crippen molar-refractivity contribution in [3.63, 3.8) is 0 Å². The number of carbonyl (C=O) groups is 4. The first-order valence-electron chi connectivity index (χ1n) is 12.5. The predicted octanol–water partition coefficient (Wildman–Crippen LogP) is 3.46. The minimum atomic E-state index is -1.01. The normalized spacial score (nSPS) is 20.4. The molecule has 0 spiro atoms. The molecule has 4 N–H and O–H groups in total. The van der Waals surface area contributed by atoms with Crippen molar-refractivity contribution in [2.45, 2.75) is 105 Å². The number of alkyl carbamates (subject to hydrolysis) is 1. The van der Waals surface area contributed by atoms with Crippen molar-refractivity contribution >= 4 is 23.9 Å². The summed E-state index contributed by atoms with van der Waals surface area (Å²) in [5.41, 5.74) is -0.646. The molecule has 34 heavy (non-hydrogen) atoms. The number of rotatable bonds is 11. The van der Waals surface area contributed by atoms with Gasteiger partial charge in [0.15, 0.2) is 0 Å². The summed E-state index contributed by atoms with van der Waals surface area (Å²) in [5.74, 6) is -1.03. The van der Waals surface area contributed by atoms with Crippen LogP contribution in [0.15, 0.2) is 0 Å². The molecule has 0 aliphatic heterocycles. The number of ether oxygens (including phenoxy) is 1. The molecule has 0 unspecified atom stereocenters. The Hall–Kier alpha value is -2.32. The number of aliphatic carboxylic acids is 1. The smallest absolute Gasteiger partial charge is 0.408 e. The number of hydrogen-bond acceptors (Lipinski definition) is 5. The molecule has 9 nitrogen and oxygen atoms in total. The number of carboxylic acids is 1. The van der Waals surface area contributed by atoms with Crippen LogP contribution in [0.1, 0.15) is 87.0 Å². The second-order valence-corrected chi connectivity index (χ2v) is 11.3. The Kier molecular flexibility index (Phi) is 11.8. The lowest BCUT2D eigenvalue weighted by molar-refractivity contribution is -0.143. The molecule has 2 atom stereocenters. The van der Waals surface area contributed by atoms with Crippen LogP contribution in [0.2, 0.25) is 0 Å². The molecule has 0 aromatic heterocycles. The second-order valence-electron chi connectivity index (χ2n) is 11.3. The van der Waals surface area contributed by atoms with Crippen LogP contribution in [0.4, 0.5) is 4.79 Å². The van der Waals surface area contributed by atoms with Crippen LogP contribution in [0.25, 0.3) is 0 Å². The molecule has 1 rings (SSSR count). The summed E-state index contributed by atoms with van der Waals surface area (Å²) < 4.78 is 5.29. The molecular formula is C25H45N3O6. The monoisotopic (exact) mass is 483 g/mol. The van der Waals surface area contributed by atoms with Gasteiger partial charge in [0, 0.05) is 12.5 Å². The maximum Gasteiger partial charge on any atom is 0.408 e. The average molecular weight is 484 g/mol. The fourth-order valence-electron chi connectivity index (χ4n) is 4.13. The topological polar surface area (TPSA) is 134 Å². The van der Waals surface area contributed by atoms with Gasteiger partial charge in [-0.15, -0.1) is 0 Å². The standard InChI is InChI=1S/C25H45N3O6/c1-15(2)12-19(28-24(33)34-25(5,6)7)22(30)26-14-17-8-10-18(11-9-17)21(29)27-20(23(31)32)13-16(3)4/h15-20H,8-14H2,1-7H3,(H,26,30)(H,27,29)(H,28,33)(H,31,32)/t17?,18?,19-,20+/m0/s1. The van der Waals surface area contributed by atoms with E-state index in [2.05, 4.69) is 16.0 Å². The van der Waals surface area contributed by atoms with Crippen LogP contribution in [-0.2, 0) is 19.1 Å². The first-order valence-corrected chi connectivity index (χ1v) is 12.5. The van der Waals surface area contributed by atoms with Crippen LogP contribution < -0.4 is 16.0 Å². The van der Waals surface area contributed by atoms with Crippen molar-refractivity contribution < 1.29 is 29.0 Å². The second kappa shape index (κ2) is 13.5. The van der Waals surface area contributed by atoms with Crippen molar-refractivity contribution in [3.8, 4) is 0 Å². The van der Waals surface area contributed by atoms with E-state index in [1.165, 1.54) is 0 Å². The highest BCUT2D eigenvalue weighted by Crippen LogP contribution is 2.29. The molecule has 1 saturated carbocycles. The highest BCUT2D eigenvalue weighted by atomic mass is 16.6. The summed E-state index contributed by atoms with van der Waals surface area (Å²) >= 11 is 0. The van der Waals surface area contributed by atoms with Crippen molar-refractivity contribution in [2.75, 3.05) is 6.54 Å². The zero-order valence-corrected chi connectivity index (χ0v) is 21.9. The summed E-state index contributed by atoms with van der Waals surface area (Å²) in [5, 5.41) is 17.7. The van der Waals surface area contributed by atoms with Gasteiger partial charge in [0.2, 0.25) is 11.8 Å². The van der Waals surface area contributed by atoms with Gasteiger partial charge in [-0.3, -0.25) is 9.59 Å². The first-order chi connectivity index (χ1) is 15.7. The molecular weight excluding hydrogens is 438 g/mol. The molecule has 196 valence electrons. The lowest BCUT2D eigenvalue weighted by Crippen LogP contribution is -2.50. The van der Waals surface area contributed by atoms with Crippen molar-refractivity contribution in [1.82, 2.24) is 16.0 Å². The van der Waals surface area contributed by atoms with Gasteiger partial charge in [0.1, 0.15) is 17.7 Å². The van der Waals surface area contributed by atoms with E-state index in [0.717, 1.165) is 12.8 Å². The average Bonchev–Trinajstić information content (AvgIpc) is 2.69. The van der Waals surface area contributed by atoms with Gasteiger partial charge >= 0.3 is 12.1 Å². The number of hydrogen-bond donors (Lipinski definition) is 4. The predicted molar refractivity (Wildman–Crippen MR) is 130 cm³/mol. The Morgan fingerprint density at radius 2 is 1.41 bits per heavy atom. The van der Waals surface area contributed by atoms with Crippen LogP contribution >= 0.6 is 0 Å². The zero-order chi connectivity index (χ0) is 26.1. The maximum absolute atomic E-state index is 12.8. The van der Waals surface area contributed by atoms with Gasteiger partial charge in [-0.05, 0) is 77.0 Å². The lowest BCUT2D eigenvalue weighted by atomic mass is 9.81. The Morgan fingerprint density at radius 3 is 1.88 bits per heavy atom. The number of nitrogens with one attached hydrogen (secondary N) is 3. The number of amides is 3.